The largest absolute Gasteiger partial charge is 0.472 e. The van der Waals surface area contributed by atoms with E-state index < -0.39 is 0 Å². The number of aromatic nitrogens is 3. The molecule has 0 bridgehead atoms. The second-order valence-corrected chi connectivity index (χ2v) is 6.36. The fourth-order valence-corrected chi connectivity index (χ4v) is 3.04. The van der Waals surface area contributed by atoms with Crippen LogP contribution in [0.5, 0.6) is 5.88 Å². The normalized spacial score (nSPS) is 13.3. The van der Waals surface area contributed by atoms with Crippen LogP contribution in [0.2, 0.25) is 0 Å². The second kappa shape index (κ2) is 7.00. The molecule has 0 unspecified atom stereocenters. The molecular formula is C20H20N4O2. The Hall–Kier alpha value is -3.15. The van der Waals surface area contributed by atoms with E-state index in [4.69, 9.17) is 4.74 Å². The molecule has 1 aliphatic heterocycles. The Kier molecular flexibility index (Phi) is 4.39. The van der Waals surface area contributed by atoms with Gasteiger partial charge in [-0.15, -0.1) is 5.10 Å². The van der Waals surface area contributed by atoms with Crippen LogP contribution in [0, 0.1) is 6.92 Å². The van der Waals surface area contributed by atoms with Gasteiger partial charge < -0.3 is 9.64 Å². The summed E-state index contributed by atoms with van der Waals surface area (Å²) in [4.78, 5) is 18.8. The van der Waals surface area contributed by atoms with Gasteiger partial charge in [0.25, 0.3) is 5.91 Å². The lowest BCUT2D eigenvalue weighted by atomic mass is 10.2. The third-order valence-electron chi connectivity index (χ3n) is 4.40. The van der Waals surface area contributed by atoms with E-state index in [1.165, 1.54) is 0 Å². The Morgan fingerprint density at radius 2 is 1.96 bits per heavy atom. The smallest absolute Gasteiger partial charge is 0.272 e. The molecule has 0 N–H and O–H groups in total. The highest BCUT2D eigenvalue weighted by Gasteiger charge is 2.24. The average Bonchev–Trinajstić information content (AvgIpc) is 3.08. The van der Waals surface area contributed by atoms with Crippen LogP contribution in [0.4, 0.5) is 0 Å². The first-order valence-electron chi connectivity index (χ1n) is 8.65. The van der Waals surface area contributed by atoms with Crippen LogP contribution >= 0.6 is 0 Å². The van der Waals surface area contributed by atoms with Gasteiger partial charge in [0.15, 0.2) is 0 Å². The van der Waals surface area contributed by atoms with Gasteiger partial charge in [-0.3, -0.25) is 9.48 Å². The van der Waals surface area contributed by atoms with E-state index in [9.17, 15) is 4.79 Å². The van der Waals surface area contributed by atoms with E-state index >= 15 is 0 Å². The molecule has 0 radical (unpaired) electrons. The maximum Gasteiger partial charge on any atom is 0.272 e. The fraction of sp³-hybridized carbons (Fsp3) is 0.250. The van der Waals surface area contributed by atoms with Gasteiger partial charge in [0.2, 0.25) is 5.88 Å². The predicted molar refractivity (Wildman–Crippen MR) is 96.7 cm³/mol. The van der Waals surface area contributed by atoms with Gasteiger partial charge in [-0.05, 0) is 24.6 Å². The van der Waals surface area contributed by atoms with Gasteiger partial charge in [0.1, 0.15) is 12.3 Å². The van der Waals surface area contributed by atoms with Crippen LogP contribution in [-0.2, 0) is 19.7 Å². The highest BCUT2D eigenvalue weighted by atomic mass is 16.5. The van der Waals surface area contributed by atoms with Gasteiger partial charge in [0.05, 0.1) is 18.8 Å². The maximum absolute atomic E-state index is 12.7. The molecule has 6 heteroatoms. The topological polar surface area (TPSA) is 60.2 Å². The van der Waals surface area contributed by atoms with Crippen molar-refractivity contribution in [2.75, 3.05) is 6.54 Å². The van der Waals surface area contributed by atoms with Gasteiger partial charge >= 0.3 is 0 Å². The van der Waals surface area contributed by atoms with E-state index in [1.54, 1.807) is 11.0 Å². The first kappa shape index (κ1) is 16.3. The summed E-state index contributed by atoms with van der Waals surface area (Å²) in [6.07, 6.45) is 0. The summed E-state index contributed by atoms with van der Waals surface area (Å²) < 4.78 is 7.70. The van der Waals surface area contributed by atoms with Crippen LogP contribution in [0.3, 0.4) is 0 Å². The molecule has 3 aromatic rings. The van der Waals surface area contributed by atoms with Gasteiger partial charge in [0, 0.05) is 18.3 Å². The van der Waals surface area contributed by atoms with Crippen molar-refractivity contribution in [2.24, 2.45) is 0 Å². The molecule has 0 saturated heterocycles. The van der Waals surface area contributed by atoms with E-state index in [-0.39, 0.29) is 5.91 Å². The minimum absolute atomic E-state index is 0.0482. The molecule has 132 valence electrons. The summed E-state index contributed by atoms with van der Waals surface area (Å²) >= 11 is 0. The zero-order chi connectivity index (χ0) is 17.9. The SMILES string of the molecule is Cc1cccc(C(=O)N2CCn3nc(OCc4ccccc4)cc3C2)n1. The number of hydrogen-bond donors (Lipinski definition) is 0. The van der Waals surface area contributed by atoms with Crippen LogP contribution in [0.1, 0.15) is 27.4 Å². The number of carbonyl (C=O) groups is 1. The number of nitrogens with zero attached hydrogens (tertiary/aromatic N) is 4. The van der Waals surface area contributed by atoms with Gasteiger partial charge in [-0.25, -0.2) is 4.98 Å². The Morgan fingerprint density at radius 1 is 1.12 bits per heavy atom. The zero-order valence-electron chi connectivity index (χ0n) is 14.6. The number of ether oxygens (including phenoxy) is 1. The predicted octanol–water partition coefficient (Wildman–Crippen LogP) is 2.82. The Morgan fingerprint density at radius 3 is 2.77 bits per heavy atom. The molecule has 1 aromatic carbocycles. The molecule has 2 aromatic heterocycles. The highest BCUT2D eigenvalue weighted by Crippen LogP contribution is 2.20. The monoisotopic (exact) mass is 348 g/mol. The van der Waals surface area contributed by atoms with E-state index in [2.05, 4.69) is 10.1 Å². The summed E-state index contributed by atoms with van der Waals surface area (Å²) in [5, 5.41) is 4.49. The first-order chi connectivity index (χ1) is 12.7. The van der Waals surface area contributed by atoms with Crippen LogP contribution < -0.4 is 4.74 Å². The van der Waals surface area contributed by atoms with Crippen molar-refractivity contribution in [3.63, 3.8) is 0 Å². The lowest BCUT2D eigenvalue weighted by Gasteiger charge is -2.27. The van der Waals surface area contributed by atoms with Crippen molar-refractivity contribution >= 4 is 5.91 Å². The fourth-order valence-electron chi connectivity index (χ4n) is 3.04. The average molecular weight is 348 g/mol. The van der Waals surface area contributed by atoms with Crippen molar-refractivity contribution < 1.29 is 9.53 Å². The summed E-state index contributed by atoms with van der Waals surface area (Å²) in [6, 6.07) is 17.4. The lowest BCUT2D eigenvalue weighted by Crippen LogP contribution is -2.38. The van der Waals surface area contributed by atoms with E-state index in [0.717, 1.165) is 17.0 Å². The Labute approximate surface area is 152 Å². The van der Waals surface area contributed by atoms with E-state index in [1.807, 2.05) is 60.1 Å². The molecule has 1 amide bonds. The van der Waals surface area contributed by atoms with Gasteiger partial charge in [-0.2, -0.15) is 0 Å². The van der Waals surface area contributed by atoms with Crippen LogP contribution in [0.15, 0.2) is 54.6 Å². The molecule has 6 nitrogen and oxygen atoms in total. The lowest BCUT2D eigenvalue weighted by molar-refractivity contribution is 0.0699. The maximum atomic E-state index is 12.7. The molecule has 0 fully saturated rings. The standard InChI is InChI=1S/C20H20N4O2/c1-15-6-5-9-18(21-15)20(25)23-10-11-24-17(13-23)12-19(22-24)26-14-16-7-3-2-4-8-16/h2-9,12H,10-11,13-14H2,1H3. The number of amides is 1. The van der Waals surface area contributed by atoms with Gasteiger partial charge in [-0.1, -0.05) is 36.4 Å². The summed E-state index contributed by atoms with van der Waals surface area (Å²) in [5.74, 6) is 0.541. The molecular weight excluding hydrogens is 328 g/mol. The molecule has 0 saturated carbocycles. The second-order valence-electron chi connectivity index (χ2n) is 6.36. The molecule has 3 heterocycles. The number of hydrogen-bond acceptors (Lipinski definition) is 4. The zero-order valence-corrected chi connectivity index (χ0v) is 14.6. The van der Waals surface area contributed by atoms with Crippen molar-refractivity contribution in [3.8, 4) is 5.88 Å². The number of rotatable bonds is 4. The number of carbonyl (C=O) groups excluding carboxylic acids is 1. The molecule has 26 heavy (non-hydrogen) atoms. The molecule has 0 spiro atoms. The highest BCUT2D eigenvalue weighted by molar-refractivity contribution is 5.92. The molecule has 1 aliphatic rings. The van der Waals surface area contributed by atoms with Crippen molar-refractivity contribution in [1.82, 2.24) is 19.7 Å². The molecule has 4 rings (SSSR count). The number of benzene rings is 1. The number of pyridine rings is 1. The summed E-state index contributed by atoms with van der Waals surface area (Å²) in [6.45, 7) is 4.14. The van der Waals surface area contributed by atoms with Crippen molar-refractivity contribution in [1.29, 1.82) is 0 Å². The Bertz CT molecular complexity index is 921. The van der Waals surface area contributed by atoms with E-state index in [0.29, 0.717) is 37.8 Å². The summed E-state index contributed by atoms with van der Waals surface area (Å²) in [5.41, 5.74) is 3.40. The van der Waals surface area contributed by atoms with Crippen molar-refractivity contribution in [2.45, 2.75) is 26.6 Å². The third-order valence-corrected chi connectivity index (χ3v) is 4.40. The van der Waals surface area contributed by atoms with Crippen molar-refractivity contribution in [3.05, 3.63) is 77.2 Å². The first-order valence-corrected chi connectivity index (χ1v) is 8.65. The number of fused-ring (bicyclic) bond motifs is 1. The quantitative estimate of drug-likeness (QED) is 0.727. The minimum atomic E-state index is -0.0482. The minimum Gasteiger partial charge on any atom is -0.472 e. The molecule has 0 aliphatic carbocycles. The third kappa shape index (κ3) is 3.44. The van der Waals surface area contributed by atoms with Crippen LogP contribution in [-0.4, -0.2) is 32.1 Å². The Balaban J connectivity index is 1.44. The summed E-state index contributed by atoms with van der Waals surface area (Å²) in [7, 11) is 0. The van der Waals surface area contributed by atoms with Crippen LogP contribution in [0.25, 0.3) is 0 Å². The molecule has 0 atom stereocenters. The number of aryl methyl sites for hydroxylation is 1.